The predicted molar refractivity (Wildman–Crippen MR) is 96.7 cm³/mol. The van der Waals surface area contributed by atoms with Gasteiger partial charge in [0.05, 0.1) is 25.1 Å². The molecule has 4 rings (SSSR count). The van der Waals surface area contributed by atoms with Gasteiger partial charge in [-0.25, -0.2) is 9.97 Å². The van der Waals surface area contributed by atoms with Crippen LogP contribution < -0.4 is 15.8 Å². The standard InChI is InChI=1S/C18H17N5O3/c24-17(14-12-20-16-3-1-2-6-23(16)18(14)25)21-13-4-5-15(19-11-13)22-7-9-26-10-8-22/h1-6,11-12H,7-10H2,(H,21,24). The van der Waals surface area contributed by atoms with E-state index in [0.29, 0.717) is 24.5 Å². The summed E-state index contributed by atoms with van der Waals surface area (Å²) in [6, 6.07) is 8.81. The number of nitrogens with one attached hydrogen (secondary N) is 1. The highest BCUT2D eigenvalue weighted by molar-refractivity contribution is 6.03. The molecule has 3 aromatic heterocycles. The highest BCUT2D eigenvalue weighted by Crippen LogP contribution is 2.15. The molecule has 0 radical (unpaired) electrons. The fourth-order valence-electron chi connectivity index (χ4n) is 2.82. The lowest BCUT2D eigenvalue weighted by atomic mass is 10.3. The first kappa shape index (κ1) is 16.2. The van der Waals surface area contributed by atoms with E-state index in [0.717, 1.165) is 18.9 Å². The van der Waals surface area contributed by atoms with Crippen LogP contribution in [0, 0.1) is 0 Å². The maximum atomic E-state index is 12.4. The smallest absolute Gasteiger partial charge is 0.270 e. The molecular weight excluding hydrogens is 334 g/mol. The molecule has 1 aliphatic rings. The number of anilines is 2. The molecular formula is C18H17N5O3. The molecule has 0 aromatic carbocycles. The van der Waals surface area contributed by atoms with Crippen LogP contribution in [0.25, 0.3) is 5.65 Å². The normalized spacial score (nSPS) is 14.4. The quantitative estimate of drug-likeness (QED) is 0.762. The third-order valence-corrected chi connectivity index (χ3v) is 4.20. The van der Waals surface area contributed by atoms with E-state index >= 15 is 0 Å². The van der Waals surface area contributed by atoms with Crippen LogP contribution >= 0.6 is 0 Å². The van der Waals surface area contributed by atoms with Crippen LogP contribution in [-0.2, 0) is 4.74 Å². The Kier molecular flexibility index (Phi) is 4.32. The first-order chi connectivity index (χ1) is 12.7. The summed E-state index contributed by atoms with van der Waals surface area (Å²) in [6.45, 7) is 2.94. The van der Waals surface area contributed by atoms with E-state index in [4.69, 9.17) is 4.74 Å². The van der Waals surface area contributed by atoms with E-state index in [1.807, 2.05) is 6.07 Å². The van der Waals surface area contributed by atoms with E-state index < -0.39 is 11.5 Å². The van der Waals surface area contributed by atoms with Crippen molar-refractivity contribution in [3.05, 3.63) is 64.8 Å². The second-order valence-electron chi connectivity index (χ2n) is 5.86. The van der Waals surface area contributed by atoms with Crippen LogP contribution in [0.1, 0.15) is 10.4 Å². The van der Waals surface area contributed by atoms with Crippen molar-refractivity contribution in [1.82, 2.24) is 14.4 Å². The number of nitrogens with zero attached hydrogens (tertiary/aromatic N) is 4. The molecule has 1 fully saturated rings. The zero-order valence-electron chi connectivity index (χ0n) is 14.0. The lowest BCUT2D eigenvalue weighted by molar-refractivity contribution is 0.102. The van der Waals surface area contributed by atoms with E-state index in [1.165, 1.54) is 10.6 Å². The van der Waals surface area contributed by atoms with Crippen molar-refractivity contribution >= 4 is 23.1 Å². The molecule has 0 saturated carbocycles. The zero-order valence-corrected chi connectivity index (χ0v) is 14.0. The minimum atomic E-state index is -0.512. The van der Waals surface area contributed by atoms with Gasteiger partial charge in [0, 0.05) is 25.5 Å². The predicted octanol–water partition coefficient (Wildman–Crippen LogP) is 1.18. The second-order valence-corrected chi connectivity index (χ2v) is 5.86. The van der Waals surface area contributed by atoms with E-state index in [1.54, 1.807) is 36.7 Å². The number of carbonyl (C=O) groups excluding carboxylic acids is 1. The average Bonchev–Trinajstić information content (AvgIpc) is 2.69. The Morgan fingerprint density at radius 2 is 1.92 bits per heavy atom. The Labute approximate surface area is 149 Å². The number of pyridine rings is 2. The molecule has 0 unspecified atom stereocenters. The van der Waals surface area contributed by atoms with Gasteiger partial charge < -0.3 is 15.0 Å². The molecule has 0 aliphatic carbocycles. The summed E-state index contributed by atoms with van der Waals surface area (Å²) in [5.41, 5.74) is 0.576. The van der Waals surface area contributed by atoms with Crippen LogP contribution in [0.4, 0.5) is 11.5 Å². The van der Waals surface area contributed by atoms with Crippen LogP contribution in [0.5, 0.6) is 0 Å². The number of amides is 1. The molecule has 132 valence electrons. The number of rotatable bonds is 3. The summed E-state index contributed by atoms with van der Waals surface area (Å²) in [6.07, 6.45) is 4.46. The van der Waals surface area contributed by atoms with Crippen molar-refractivity contribution < 1.29 is 9.53 Å². The molecule has 3 aromatic rings. The Bertz CT molecular complexity index is 994. The third-order valence-electron chi connectivity index (χ3n) is 4.20. The van der Waals surface area contributed by atoms with Crippen molar-refractivity contribution in [2.24, 2.45) is 0 Å². The maximum Gasteiger partial charge on any atom is 0.270 e. The van der Waals surface area contributed by atoms with Gasteiger partial charge in [-0.15, -0.1) is 0 Å². The van der Waals surface area contributed by atoms with Crippen LogP contribution in [-0.4, -0.2) is 46.6 Å². The van der Waals surface area contributed by atoms with Crippen LogP contribution in [0.3, 0.4) is 0 Å². The lowest BCUT2D eigenvalue weighted by Crippen LogP contribution is -2.36. The van der Waals surface area contributed by atoms with Gasteiger partial charge in [0.25, 0.3) is 11.5 Å². The van der Waals surface area contributed by atoms with Gasteiger partial charge in [-0.3, -0.25) is 14.0 Å². The van der Waals surface area contributed by atoms with Crippen LogP contribution in [0.15, 0.2) is 53.7 Å². The lowest BCUT2D eigenvalue weighted by Gasteiger charge is -2.27. The number of hydrogen-bond acceptors (Lipinski definition) is 6. The Balaban J connectivity index is 1.53. The maximum absolute atomic E-state index is 12.4. The van der Waals surface area contributed by atoms with E-state index in [9.17, 15) is 9.59 Å². The molecule has 1 amide bonds. The summed E-state index contributed by atoms with van der Waals surface area (Å²) >= 11 is 0. The van der Waals surface area contributed by atoms with Gasteiger partial charge >= 0.3 is 0 Å². The number of aromatic nitrogens is 3. The molecule has 1 N–H and O–H groups in total. The molecule has 8 heteroatoms. The molecule has 1 aliphatic heterocycles. The second kappa shape index (κ2) is 6.93. The Morgan fingerprint density at radius 3 is 2.69 bits per heavy atom. The SMILES string of the molecule is O=C(Nc1ccc(N2CCOCC2)nc1)c1cnc2ccccn2c1=O. The number of carbonyl (C=O) groups is 1. The highest BCUT2D eigenvalue weighted by atomic mass is 16.5. The van der Waals surface area contributed by atoms with Crippen molar-refractivity contribution in [2.75, 3.05) is 36.5 Å². The van der Waals surface area contributed by atoms with Crippen LogP contribution in [0.2, 0.25) is 0 Å². The van der Waals surface area contributed by atoms with Gasteiger partial charge in [-0.2, -0.15) is 0 Å². The van der Waals surface area contributed by atoms with Gasteiger partial charge in [0.1, 0.15) is 17.0 Å². The largest absolute Gasteiger partial charge is 0.378 e. The molecule has 0 bridgehead atoms. The highest BCUT2D eigenvalue weighted by Gasteiger charge is 2.15. The molecule has 1 saturated heterocycles. The molecule has 0 atom stereocenters. The van der Waals surface area contributed by atoms with E-state index in [-0.39, 0.29) is 5.56 Å². The first-order valence-electron chi connectivity index (χ1n) is 8.29. The summed E-state index contributed by atoms with van der Waals surface area (Å²) in [4.78, 5) is 35.5. The monoisotopic (exact) mass is 351 g/mol. The number of morpholine rings is 1. The van der Waals surface area contributed by atoms with Crippen molar-refractivity contribution in [3.8, 4) is 0 Å². The summed E-state index contributed by atoms with van der Waals surface area (Å²) in [5.74, 6) is 0.320. The minimum Gasteiger partial charge on any atom is -0.378 e. The first-order valence-corrected chi connectivity index (χ1v) is 8.29. The van der Waals surface area contributed by atoms with Gasteiger partial charge in [0.15, 0.2) is 0 Å². The molecule has 4 heterocycles. The van der Waals surface area contributed by atoms with Crippen molar-refractivity contribution in [2.45, 2.75) is 0 Å². The van der Waals surface area contributed by atoms with Gasteiger partial charge in [-0.1, -0.05) is 6.07 Å². The Hall–Kier alpha value is -3.26. The molecule has 26 heavy (non-hydrogen) atoms. The zero-order chi connectivity index (χ0) is 17.9. The number of hydrogen-bond donors (Lipinski definition) is 1. The van der Waals surface area contributed by atoms with Gasteiger partial charge in [-0.05, 0) is 24.3 Å². The summed E-state index contributed by atoms with van der Waals surface area (Å²) in [7, 11) is 0. The van der Waals surface area contributed by atoms with Crippen molar-refractivity contribution in [1.29, 1.82) is 0 Å². The fourth-order valence-corrected chi connectivity index (χ4v) is 2.82. The molecule has 8 nitrogen and oxygen atoms in total. The third kappa shape index (κ3) is 3.14. The number of ether oxygens (including phenoxy) is 1. The molecule has 0 spiro atoms. The van der Waals surface area contributed by atoms with E-state index in [2.05, 4.69) is 20.2 Å². The Morgan fingerprint density at radius 1 is 1.08 bits per heavy atom. The van der Waals surface area contributed by atoms with Crippen molar-refractivity contribution in [3.63, 3.8) is 0 Å². The summed E-state index contributed by atoms with van der Waals surface area (Å²) < 4.78 is 6.67. The average molecular weight is 351 g/mol. The fraction of sp³-hybridized carbons (Fsp3) is 0.222. The minimum absolute atomic E-state index is 0.0223. The summed E-state index contributed by atoms with van der Waals surface area (Å²) in [5, 5.41) is 2.70. The number of fused-ring (bicyclic) bond motifs is 1. The topological polar surface area (TPSA) is 88.8 Å². The van der Waals surface area contributed by atoms with Gasteiger partial charge in [0.2, 0.25) is 0 Å².